The van der Waals surface area contributed by atoms with Gasteiger partial charge in [0.2, 0.25) is 0 Å². The molecule has 0 aliphatic carbocycles. The molecule has 0 spiro atoms. The highest BCUT2D eigenvalue weighted by atomic mass is 19.4. The lowest BCUT2D eigenvalue weighted by molar-refractivity contribution is -0.161. The minimum absolute atomic E-state index is 0.381. The van der Waals surface area contributed by atoms with E-state index in [4.69, 9.17) is 0 Å². The lowest BCUT2D eigenvalue weighted by Crippen LogP contribution is -2.22. The Bertz CT molecular complexity index is 1840. The molecule has 0 saturated heterocycles. The fourth-order valence-electron chi connectivity index (χ4n) is 5.89. The molecule has 0 saturated carbocycles. The molecule has 0 radical (unpaired) electrons. The minimum Gasteiger partial charge on any atom is -0.309 e. The second kappa shape index (κ2) is 8.39. The molecule has 0 atom stereocenters. The van der Waals surface area contributed by atoms with Crippen LogP contribution in [0.25, 0.3) is 55.0 Å². The molecule has 8 heteroatoms. The normalized spacial score (nSPS) is 12.8. The van der Waals surface area contributed by atoms with Crippen molar-refractivity contribution in [1.82, 2.24) is 9.13 Å². The molecule has 0 aliphatic heterocycles. The number of benzene rings is 5. The summed E-state index contributed by atoms with van der Waals surface area (Å²) in [5.41, 5.74) is -3.10. The van der Waals surface area contributed by atoms with Crippen molar-refractivity contribution < 1.29 is 26.3 Å². The van der Waals surface area contributed by atoms with E-state index in [0.717, 1.165) is 12.1 Å². The average molecular weight is 544 g/mol. The van der Waals surface area contributed by atoms with Gasteiger partial charge in [-0.3, -0.25) is 0 Å². The zero-order valence-corrected chi connectivity index (χ0v) is 20.6. The molecule has 7 rings (SSSR count). The van der Waals surface area contributed by atoms with E-state index in [-0.39, 0.29) is 0 Å². The Kier molecular flexibility index (Phi) is 5.10. The number of rotatable bonds is 2. The monoisotopic (exact) mass is 544 g/mol. The Hall–Kier alpha value is -4.72. The van der Waals surface area contributed by atoms with Gasteiger partial charge in [-0.25, -0.2) is 0 Å². The smallest absolute Gasteiger partial charge is 0.309 e. The van der Waals surface area contributed by atoms with E-state index in [9.17, 15) is 26.3 Å². The van der Waals surface area contributed by atoms with Crippen molar-refractivity contribution in [2.24, 2.45) is 0 Å². The van der Waals surface area contributed by atoms with E-state index in [2.05, 4.69) is 0 Å². The second-order valence-corrected chi connectivity index (χ2v) is 9.59. The lowest BCUT2D eigenvalue weighted by atomic mass is 10.0. The number of para-hydroxylation sites is 4. The van der Waals surface area contributed by atoms with Crippen LogP contribution >= 0.6 is 0 Å². The van der Waals surface area contributed by atoms with Gasteiger partial charge in [0.05, 0.1) is 44.6 Å². The molecule has 0 amide bonds. The summed E-state index contributed by atoms with van der Waals surface area (Å²) in [6.45, 7) is 0. The van der Waals surface area contributed by atoms with Crippen LogP contribution in [0.15, 0.2) is 109 Å². The Morgan fingerprint density at radius 3 is 0.850 bits per heavy atom. The third-order valence-electron chi connectivity index (χ3n) is 7.37. The van der Waals surface area contributed by atoms with Crippen LogP contribution in [-0.2, 0) is 12.4 Å². The van der Waals surface area contributed by atoms with Gasteiger partial charge >= 0.3 is 12.4 Å². The molecule has 7 aromatic rings. The van der Waals surface area contributed by atoms with Gasteiger partial charge in [0.25, 0.3) is 0 Å². The van der Waals surface area contributed by atoms with Gasteiger partial charge in [-0.15, -0.1) is 0 Å². The number of hydrogen-bond donors (Lipinski definition) is 0. The summed E-state index contributed by atoms with van der Waals surface area (Å²) < 4.78 is 92.3. The molecule has 0 fully saturated rings. The van der Waals surface area contributed by atoms with Crippen LogP contribution < -0.4 is 0 Å². The lowest BCUT2D eigenvalue weighted by Gasteiger charge is -2.24. The molecule has 2 nitrogen and oxygen atoms in total. The summed E-state index contributed by atoms with van der Waals surface area (Å²) in [5, 5.41) is 2.58. The topological polar surface area (TPSA) is 9.86 Å². The zero-order valence-electron chi connectivity index (χ0n) is 20.6. The van der Waals surface area contributed by atoms with Crippen LogP contribution in [0.4, 0.5) is 26.3 Å². The molecule has 2 aromatic heterocycles. The fraction of sp³-hybridized carbons (Fsp3) is 0.0625. The van der Waals surface area contributed by atoms with E-state index in [1.807, 2.05) is 0 Å². The van der Waals surface area contributed by atoms with Gasteiger partial charge in [0.1, 0.15) is 0 Å². The summed E-state index contributed by atoms with van der Waals surface area (Å²) in [4.78, 5) is 0. The fourth-order valence-corrected chi connectivity index (χ4v) is 5.89. The summed E-state index contributed by atoms with van der Waals surface area (Å²) in [6, 6.07) is 29.4. The van der Waals surface area contributed by atoms with E-state index < -0.39 is 34.9 Å². The maximum absolute atomic E-state index is 15.0. The summed E-state index contributed by atoms with van der Waals surface area (Å²) in [7, 11) is 0. The first kappa shape index (κ1) is 24.3. The number of fused-ring (bicyclic) bond motifs is 6. The number of nitrogens with zero attached hydrogens (tertiary/aromatic N) is 2. The quantitative estimate of drug-likeness (QED) is 0.192. The predicted octanol–water partition coefficient (Wildman–Crippen LogP) is 9.92. The maximum atomic E-state index is 15.0. The van der Waals surface area contributed by atoms with Crippen molar-refractivity contribution in [2.75, 3.05) is 0 Å². The first-order valence-electron chi connectivity index (χ1n) is 12.4. The SMILES string of the molecule is FC(F)(F)c1c(-n2c3ccccc3c3ccccc32)ccc(-n2c3ccccc3c3ccccc32)c1C(F)(F)F. The van der Waals surface area contributed by atoms with Crippen LogP contribution in [-0.4, -0.2) is 9.13 Å². The highest BCUT2D eigenvalue weighted by Crippen LogP contribution is 2.48. The van der Waals surface area contributed by atoms with Crippen LogP contribution in [0.5, 0.6) is 0 Å². The Labute approximate surface area is 223 Å². The van der Waals surface area contributed by atoms with E-state index >= 15 is 0 Å². The van der Waals surface area contributed by atoms with Crippen molar-refractivity contribution in [3.05, 3.63) is 120 Å². The van der Waals surface area contributed by atoms with Crippen molar-refractivity contribution in [2.45, 2.75) is 12.4 Å². The summed E-state index contributed by atoms with van der Waals surface area (Å²) >= 11 is 0. The Balaban J connectivity index is 1.68. The molecule has 0 aliphatic rings. The molecule has 5 aromatic carbocycles. The number of aromatic nitrogens is 2. The first-order valence-corrected chi connectivity index (χ1v) is 12.4. The molecule has 198 valence electrons. The van der Waals surface area contributed by atoms with Gasteiger partial charge in [-0.1, -0.05) is 72.8 Å². The Morgan fingerprint density at radius 2 is 0.600 bits per heavy atom. The number of halogens is 6. The maximum Gasteiger partial charge on any atom is 0.419 e. The van der Waals surface area contributed by atoms with E-state index in [1.54, 1.807) is 97.1 Å². The summed E-state index contributed by atoms with van der Waals surface area (Å²) in [5.74, 6) is 0. The van der Waals surface area contributed by atoms with Crippen LogP contribution in [0.3, 0.4) is 0 Å². The molecule has 2 heterocycles. The van der Waals surface area contributed by atoms with Crippen molar-refractivity contribution in [3.63, 3.8) is 0 Å². The van der Waals surface area contributed by atoms with Gasteiger partial charge in [-0.05, 0) is 36.4 Å². The molecule has 0 unspecified atom stereocenters. The minimum atomic E-state index is -5.32. The first-order chi connectivity index (χ1) is 19.2. The van der Waals surface area contributed by atoms with Crippen molar-refractivity contribution >= 4 is 43.6 Å². The predicted molar refractivity (Wildman–Crippen MR) is 145 cm³/mol. The largest absolute Gasteiger partial charge is 0.419 e. The van der Waals surface area contributed by atoms with Crippen molar-refractivity contribution in [1.29, 1.82) is 0 Å². The third kappa shape index (κ3) is 3.45. The second-order valence-electron chi connectivity index (χ2n) is 9.59. The van der Waals surface area contributed by atoms with E-state index in [0.29, 0.717) is 43.6 Å². The van der Waals surface area contributed by atoms with Gasteiger partial charge < -0.3 is 9.13 Å². The molecular formula is C32H18F6N2. The number of hydrogen-bond acceptors (Lipinski definition) is 0. The van der Waals surface area contributed by atoms with Crippen LogP contribution in [0, 0.1) is 0 Å². The molecule has 0 bridgehead atoms. The standard InChI is InChI=1S/C32H18F6N2/c33-31(34,35)29-27(39-23-13-5-1-9-19(23)20-10-2-6-14-24(20)39)17-18-28(30(29)32(36,37)38)40-25-15-7-3-11-21(25)22-12-4-8-16-26(22)40/h1-18H. The zero-order chi connectivity index (χ0) is 27.8. The van der Waals surface area contributed by atoms with Crippen LogP contribution in [0.1, 0.15) is 11.1 Å². The van der Waals surface area contributed by atoms with Crippen LogP contribution in [0.2, 0.25) is 0 Å². The average Bonchev–Trinajstić information content (AvgIpc) is 3.44. The van der Waals surface area contributed by atoms with Gasteiger partial charge in [0, 0.05) is 21.5 Å². The molecular weight excluding hydrogens is 526 g/mol. The third-order valence-corrected chi connectivity index (χ3v) is 7.37. The van der Waals surface area contributed by atoms with Gasteiger partial charge in [-0.2, -0.15) is 26.3 Å². The highest BCUT2D eigenvalue weighted by Gasteiger charge is 2.48. The molecule has 0 N–H and O–H groups in total. The summed E-state index contributed by atoms with van der Waals surface area (Å²) in [6.07, 6.45) is -10.6. The van der Waals surface area contributed by atoms with E-state index in [1.165, 1.54) is 9.13 Å². The Morgan fingerprint density at radius 1 is 0.350 bits per heavy atom. The van der Waals surface area contributed by atoms with Gasteiger partial charge in [0.15, 0.2) is 0 Å². The molecule has 40 heavy (non-hydrogen) atoms. The van der Waals surface area contributed by atoms with Crippen molar-refractivity contribution in [3.8, 4) is 11.4 Å². The number of alkyl halides is 6. The highest BCUT2D eigenvalue weighted by molar-refractivity contribution is 6.10.